The Balaban J connectivity index is 2.15. The van der Waals surface area contributed by atoms with E-state index in [1.54, 1.807) is 11.3 Å². The van der Waals surface area contributed by atoms with E-state index >= 15 is 0 Å². The van der Waals surface area contributed by atoms with Crippen molar-refractivity contribution in [2.45, 2.75) is 63.5 Å². The van der Waals surface area contributed by atoms with Crippen LogP contribution in [0.4, 0.5) is 0 Å². The largest absolute Gasteiger partial charge is 0.374 e. The molecular formula is C15H25ClN2OS. The number of hydrazine groups is 1. The molecule has 0 aliphatic heterocycles. The number of hydrogen-bond donors (Lipinski definition) is 2. The van der Waals surface area contributed by atoms with Crippen LogP contribution in [0.3, 0.4) is 0 Å². The van der Waals surface area contributed by atoms with Crippen LogP contribution in [0.2, 0.25) is 4.34 Å². The van der Waals surface area contributed by atoms with E-state index in [0.717, 1.165) is 30.2 Å². The van der Waals surface area contributed by atoms with E-state index in [1.165, 1.54) is 30.6 Å². The van der Waals surface area contributed by atoms with Gasteiger partial charge >= 0.3 is 0 Å². The van der Waals surface area contributed by atoms with Gasteiger partial charge in [0.15, 0.2) is 0 Å². The molecular weight excluding hydrogens is 292 g/mol. The van der Waals surface area contributed by atoms with Crippen LogP contribution in [0.5, 0.6) is 0 Å². The van der Waals surface area contributed by atoms with E-state index in [1.807, 2.05) is 6.07 Å². The first kappa shape index (κ1) is 16.2. The minimum absolute atomic E-state index is 0.129. The summed E-state index contributed by atoms with van der Waals surface area (Å²) in [5.74, 6) is 5.87. The van der Waals surface area contributed by atoms with Gasteiger partial charge in [-0.2, -0.15) is 0 Å². The summed E-state index contributed by atoms with van der Waals surface area (Å²) in [4.78, 5) is 1.27. The van der Waals surface area contributed by atoms with Crippen LogP contribution in [-0.2, 0) is 11.2 Å². The first-order chi connectivity index (χ1) is 9.70. The fourth-order valence-corrected chi connectivity index (χ4v) is 4.40. The summed E-state index contributed by atoms with van der Waals surface area (Å²) in [6.07, 6.45) is 8.12. The van der Waals surface area contributed by atoms with Crippen molar-refractivity contribution in [2.75, 3.05) is 6.61 Å². The third kappa shape index (κ3) is 3.95. The zero-order valence-electron chi connectivity index (χ0n) is 12.2. The molecule has 1 saturated carbocycles. The first-order valence-electron chi connectivity index (χ1n) is 7.54. The lowest BCUT2D eigenvalue weighted by Gasteiger charge is -2.39. The Hall–Kier alpha value is -0.130. The van der Waals surface area contributed by atoms with Gasteiger partial charge < -0.3 is 4.74 Å². The molecule has 1 atom stereocenters. The second-order valence-corrected chi connectivity index (χ2v) is 7.34. The summed E-state index contributed by atoms with van der Waals surface area (Å²) >= 11 is 7.66. The molecule has 0 radical (unpaired) electrons. The number of thiophene rings is 1. The topological polar surface area (TPSA) is 47.3 Å². The van der Waals surface area contributed by atoms with E-state index in [9.17, 15) is 0 Å². The lowest BCUT2D eigenvalue weighted by Crippen LogP contribution is -2.55. The number of rotatable bonds is 6. The van der Waals surface area contributed by atoms with Crippen molar-refractivity contribution >= 4 is 22.9 Å². The van der Waals surface area contributed by atoms with Crippen molar-refractivity contribution in [3.05, 3.63) is 21.3 Å². The summed E-state index contributed by atoms with van der Waals surface area (Å²) in [6, 6.07) is 4.19. The molecule has 0 bridgehead atoms. The highest BCUT2D eigenvalue weighted by Crippen LogP contribution is 2.35. The predicted molar refractivity (Wildman–Crippen MR) is 86.2 cm³/mol. The maximum absolute atomic E-state index is 6.21. The highest BCUT2D eigenvalue weighted by molar-refractivity contribution is 7.16. The Labute approximate surface area is 130 Å². The molecule has 20 heavy (non-hydrogen) atoms. The molecule has 3 nitrogen and oxygen atoms in total. The molecule has 1 heterocycles. The van der Waals surface area contributed by atoms with Gasteiger partial charge in [-0.05, 0) is 31.9 Å². The molecule has 1 unspecified atom stereocenters. The maximum Gasteiger partial charge on any atom is 0.0931 e. The van der Waals surface area contributed by atoms with Crippen LogP contribution in [0.15, 0.2) is 12.1 Å². The van der Waals surface area contributed by atoms with Crippen LogP contribution in [0, 0.1) is 0 Å². The van der Waals surface area contributed by atoms with Gasteiger partial charge in [0.05, 0.1) is 16.0 Å². The van der Waals surface area contributed by atoms with Crippen molar-refractivity contribution in [2.24, 2.45) is 5.84 Å². The minimum Gasteiger partial charge on any atom is -0.374 e. The number of halogens is 1. The third-order valence-corrected chi connectivity index (χ3v) is 5.51. The van der Waals surface area contributed by atoms with Crippen molar-refractivity contribution in [3.63, 3.8) is 0 Å². The van der Waals surface area contributed by atoms with Gasteiger partial charge in [-0.3, -0.25) is 11.3 Å². The predicted octanol–water partition coefficient (Wildman–Crippen LogP) is 3.91. The van der Waals surface area contributed by atoms with Crippen molar-refractivity contribution in [1.82, 2.24) is 5.43 Å². The summed E-state index contributed by atoms with van der Waals surface area (Å²) in [5, 5.41) is 0. The SMILES string of the molecule is CCOC1(C(Cc2ccc(Cl)s2)NN)CCCCCC1. The van der Waals surface area contributed by atoms with Crippen LogP contribution < -0.4 is 11.3 Å². The van der Waals surface area contributed by atoms with Gasteiger partial charge in [0.2, 0.25) is 0 Å². The molecule has 5 heteroatoms. The Bertz CT molecular complexity index is 402. The van der Waals surface area contributed by atoms with E-state index in [-0.39, 0.29) is 11.6 Å². The Kier molecular flexibility index (Phi) is 6.30. The van der Waals surface area contributed by atoms with Gasteiger partial charge in [0, 0.05) is 17.9 Å². The average Bonchev–Trinajstić information content (AvgIpc) is 2.71. The van der Waals surface area contributed by atoms with Gasteiger partial charge in [-0.15, -0.1) is 11.3 Å². The molecule has 0 saturated heterocycles. The fraction of sp³-hybridized carbons (Fsp3) is 0.733. The number of nitrogens with two attached hydrogens (primary N) is 1. The van der Waals surface area contributed by atoms with E-state index < -0.39 is 0 Å². The molecule has 114 valence electrons. The van der Waals surface area contributed by atoms with Crippen LogP contribution in [0.1, 0.15) is 50.3 Å². The fourth-order valence-electron chi connectivity index (χ4n) is 3.27. The second-order valence-electron chi connectivity index (χ2n) is 5.54. The summed E-state index contributed by atoms with van der Waals surface area (Å²) in [7, 11) is 0. The number of ether oxygens (including phenoxy) is 1. The van der Waals surface area contributed by atoms with E-state index in [0.29, 0.717) is 0 Å². The van der Waals surface area contributed by atoms with Crippen LogP contribution in [0.25, 0.3) is 0 Å². The minimum atomic E-state index is -0.129. The van der Waals surface area contributed by atoms with Crippen molar-refractivity contribution < 1.29 is 4.74 Å². The molecule has 1 aliphatic carbocycles. The molecule has 0 aromatic carbocycles. The molecule has 1 fully saturated rings. The number of nitrogens with one attached hydrogen (secondary N) is 1. The first-order valence-corrected chi connectivity index (χ1v) is 8.74. The maximum atomic E-state index is 6.21. The lowest BCUT2D eigenvalue weighted by atomic mass is 9.84. The quantitative estimate of drug-likeness (QED) is 0.475. The third-order valence-electron chi connectivity index (χ3n) is 4.25. The zero-order chi connectivity index (χ0) is 14.4. The summed E-state index contributed by atoms with van der Waals surface area (Å²) in [6.45, 7) is 2.81. The molecule has 3 N–H and O–H groups in total. The van der Waals surface area contributed by atoms with E-state index in [2.05, 4.69) is 18.4 Å². The normalized spacial score (nSPS) is 20.6. The molecule has 0 spiro atoms. The summed E-state index contributed by atoms with van der Waals surface area (Å²) in [5.41, 5.74) is 2.89. The van der Waals surface area contributed by atoms with Gasteiger partial charge in [0.25, 0.3) is 0 Å². The second kappa shape index (κ2) is 7.76. The molecule has 1 aromatic heterocycles. The monoisotopic (exact) mass is 316 g/mol. The highest BCUT2D eigenvalue weighted by Gasteiger charge is 2.39. The molecule has 0 amide bonds. The lowest BCUT2D eigenvalue weighted by molar-refractivity contribution is -0.0766. The van der Waals surface area contributed by atoms with Crippen LogP contribution >= 0.6 is 22.9 Å². The Morgan fingerprint density at radius 1 is 1.35 bits per heavy atom. The Morgan fingerprint density at radius 3 is 2.55 bits per heavy atom. The average molecular weight is 317 g/mol. The van der Waals surface area contributed by atoms with Crippen molar-refractivity contribution in [1.29, 1.82) is 0 Å². The van der Waals surface area contributed by atoms with Crippen LogP contribution in [-0.4, -0.2) is 18.2 Å². The Morgan fingerprint density at radius 2 is 2.05 bits per heavy atom. The number of hydrogen-bond acceptors (Lipinski definition) is 4. The van der Waals surface area contributed by atoms with Gasteiger partial charge in [0.1, 0.15) is 0 Å². The van der Waals surface area contributed by atoms with E-state index in [4.69, 9.17) is 22.2 Å². The standard InChI is InChI=1S/C15H25ClN2OS/c1-2-19-15(9-5-3-4-6-10-15)13(18-17)11-12-7-8-14(16)20-12/h7-8,13,18H,2-6,9-11,17H2,1H3. The molecule has 1 aliphatic rings. The van der Waals surface area contributed by atoms with Gasteiger partial charge in [-0.25, -0.2) is 0 Å². The molecule has 1 aromatic rings. The van der Waals surface area contributed by atoms with Gasteiger partial charge in [-0.1, -0.05) is 37.3 Å². The summed E-state index contributed by atoms with van der Waals surface area (Å²) < 4.78 is 7.05. The smallest absolute Gasteiger partial charge is 0.0931 e. The molecule has 2 rings (SSSR count). The highest BCUT2D eigenvalue weighted by atomic mass is 35.5. The van der Waals surface area contributed by atoms with Crippen molar-refractivity contribution in [3.8, 4) is 0 Å². The zero-order valence-corrected chi connectivity index (χ0v) is 13.7.